The molecule has 0 fully saturated rings. The molecule has 1 unspecified atom stereocenters. The lowest BCUT2D eigenvalue weighted by Gasteiger charge is -2.29. The Morgan fingerprint density at radius 3 is 2.59 bits per heavy atom. The zero-order valence-electron chi connectivity index (χ0n) is 16.8. The second-order valence-corrected chi connectivity index (χ2v) is 7.45. The van der Waals surface area contributed by atoms with Gasteiger partial charge in [-0.05, 0) is 38.5 Å². The summed E-state index contributed by atoms with van der Waals surface area (Å²) in [5.74, 6) is 0.692. The van der Waals surface area contributed by atoms with Gasteiger partial charge in [0, 0.05) is 25.0 Å². The normalized spacial score (nSPS) is 12.3. The zero-order chi connectivity index (χ0) is 20.0. The van der Waals surface area contributed by atoms with E-state index in [4.69, 9.17) is 11.6 Å². The number of carbonyl (C=O) groups is 1. The summed E-state index contributed by atoms with van der Waals surface area (Å²) in [6.07, 6.45) is 6.10. The van der Waals surface area contributed by atoms with Crippen molar-refractivity contribution in [2.75, 3.05) is 6.54 Å². The molecule has 0 N–H and O–H groups in total. The minimum atomic E-state index is -0.278. The Balaban J connectivity index is 2.23. The molecule has 1 aromatic heterocycles. The molecule has 0 aliphatic rings. The van der Waals surface area contributed by atoms with Crippen molar-refractivity contribution >= 4 is 28.4 Å². The number of unbranched alkanes of at least 4 members (excludes halogenated alkanes) is 4. The number of halogens is 1. The minimum Gasteiger partial charge on any atom is -0.333 e. The van der Waals surface area contributed by atoms with Crippen LogP contribution in [0.5, 0.6) is 0 Å². The molecule has 1 atom stereocenters. The molecular formula is C21H30ClN3O2. The van der Waals surface area contributed by atoms with Crippen LogP contribution in [0.2, 0.25) is 5.02 Å². The van der Waals surface area contributed by atoms with E-state index in [0.29, 0.717) is 34.7 Å². The van der Waals surface area contributed by atoms with Crippen molar-refractivity contribution in [1.29, 1.82) is 0 Å². The van der Waals surface area contributed by atoms with E-state index in [1.165, 1.54) is 23.8 Å². The summed E-state index contributed by atoms with van der Waals surface area (Å²) in [5, 5.41) is 1.07. The van der Waals surface area contributed by atoms with Gasteiger partial charge in [0.25, 0.3) is 5.56 Å². The van der Waals surface area contributed by atoms with Gasteiger partial charge in [0.2, 0.25) is 5.91 Å². The quantitative estimate of drug-likeness (QED) is 0.573. The van der Waals surface area contributed by atoms with E-state index in [0.717, 1.165) is 12.8 Å². The fourth-order valence-electron chi connectivity index (χ4n) is 3.46. The molecule has 148 valence electrons. The van der Waals surface area contributed by atoms with E-state index in [2.05, 4.69) is 11.9 Å². The van der Waals surface area contributed by atoms with Crippen LogP contribution in [0.25, 0.3) is 10.9 Å². The first kappa shape index (κ1) is 21.4. The Morgan fingerprint density at radius 1 is 1.22 bits per heavy atom. The number of amides is 1. The van der Waals surface area contributed by atoms with Crippen molar-refractivity contribution in [3.05, 3.63) is 39.4 Å². The molecule has 1 aromatic carbocycles. The maximum absolute atomic E-state index is 12.7. The molecule has 1 amide bonds. The molecule has 5 nitrogen and oxygen atoms in total. The Labute approximate surface area is 166 Å². The first-order valence-electron chi connectivity index (χ1n) is 9.86. The van der Waals surface area contributed by atoms with Gasteiger partial charge in [-0.1, -0.05) is 44.2 Å². The number of carbonyl (C=O) groups excluding carboxylic acids is 1. The maximum Gasteiger partial charge on any atom is 0.261 e. The first-order valence-corrected chi connectivity index (χ1v) is 10.2. The molecule has 0 spiro atoms. The van der Waals surface area contributed by atoms with Crippen LogP contribution in [0.1, 0.15) is 71.2 Å². The molecule has 2 rings (SSSR count). The summed E-state index contributed by atoms with van der Waals surface area (Å²) in [6, 6.07) is 4.80. The van der Waals surface area contributed by atoms with Crippen molar-refractivity contribution in [2.45, 2.75) is 65.3 Å². The number of fused-ring (bicyclic) bond motifs is 1. The van der Waals surface area contributed by atoms with Crippen LogP contribution in [0, 0.1) is 0 Å². The molecular weight excluding hydrogens is 362 g/mol. The molecule has 0 aliphatic heterocycles. The fraction of sp³-hybridized carbons (Fsp3) is 0.571. The standard InChI is InChI=1S/C21H30ClN3O2/c1-5-7-8-9-10-11-19(26)25(6-2)15(3)20-23-18-14-16(22)12-13-17(18)21(27)24(20)4/h12-15H,5-11H2,1-4H3. The predicted molar refractivity (Wildman–Crippen MR) is 111 cm³/mol. The third-order valence-electron chi connectivity index (χ3n) is 5.07. The summed E-state index contributed by atoms with van der Waals surface area (Å²) in [5.41, 5.74) is 0.442. The molecule has 0 aliphatic carbocycles. The summed E-state index contributed by atoms with van der Waals surface area (Å²) >= 11 is 6.06. The number of hydrogen-bond donors (Lipinski definition) is 0. The lowest BCUT2D eigenvalue weighted by Crippen LogP contribution is -2.37. The third-order valence-corrected chi connectivity index (χ3v) is 5.30. The molecule has 0 saturated heterocycles. The van der Waals surface area contributed by atoms with Crippen molar-refractivity contribution in [3.63, 3.8) is 0 Å². The lowest BCUT2D eigenvalue weighted by atomic mass is 10.1. The second-order valence-electron chi connectivity index (χ2n) is 7.02. The van der Waals surface area contributed by atoms with Crippen molar-refractivity contribution in [3.8, 4) is 0 Å². The van der Waals surface area contributed by atoms with E-state index in [9.17, 15) is 9.59 Å². The summed E-state index contributed by atoms with van der Waals surface area (Å²) in [7, 11) is 1.71. The molecule has 2 aromatic rings. The number of aromatic nitrogens is 2. The molecule has 0 bridgehead atoms. The van der Waals surface area contributed by atoms with Crippen LogP contribution in [0.15, 0.2) is 23.0 Å². The number of benzene rings is 1. The third kappa shape index (κ3) is 5.10. The average molecular weight is 392 g/mol. The highest BCUT2D eigenvalue weighted by molar-refractivity contribution is 6.31. The Morgan fingerprint density at radius 2 is 1.93 bits per heavy atom. The SMILES string of the molecule is CCCCCCCC(=O)N(CC)C(C)c1nc2cc(Cl)ccc2c(=O)n1C. The van der Waals surface area contributed by atoms with Gasteiger partial charge in [0.15, 0.2) is 0 Å². The van der Waals surface area contributed by atoms with Gasteiger partial charge in [-0.2, -0.15) is 0 Å². The lowest BCUT2D eigenvalue weighted by molar-refractivity contribution is -0.133. The van der Waals surface area contributed by atoms with Crippen molar-refractivity contribution in [2.24, 2.45) is 7.05 Å². The molecule has 0 saturated carbocycles. The van der Waals surface area contributed by atoms with Crippen LogP contribution in [-0.2, 0) is 11.8 Å². The van der Waals surface area contributed by atoms with Gasteiger partial charge >= 0.3 is 0 Å². The largest absolute Gasteiger partial charge is 0.333 e. The van der Waals surface area contributed by atoms with Crippen LogP contribution >= 0.6 is 11.6 Å². The van der Waals surface area contributed by atoms with Gasteiger partial charge in [-0.3, -0.25) is 14.2 Å². The van der Waals surface area contributed by atoms with Crippen LogP contribution in [0.4, 0.5) is 0 Å². The van der Waals surface area contributed by atoms with Gasteiger partial charge in [-0.15, -0.1) is 0 Å². The van der Waals surface area contributed by atoms with E-state index in [1.54, 1.807) is 30.1 Å². The Kier molecular flexibility index (Phi) is 7.84. The van der Waals surface area contributed by atoms with Gasteiger partial charge in [0.1, 0.15) is 5.82 Å². The van der Waals surface area contributed by atoms with Gasteiger partial charge < -0.3 is 4.90 Å². The number of nitrogens with zero attached hydrogens (tertiary/aromatic N) is 3. The fourth-order valence-corrected chi connectivity index (χ4v) is 3.63. The maximum atomic E-state index is 12.7. The van der Waals surface area contributed by atoms with Gasteiger partial charge in [0.05, 0.1) is 16.9 Å². The summed E-state index contributed by atoms with van der Waals surface area (Å²) < 4.78 is 1.54. The van der Waals surface area contributed by atoms with Crippen LogP contribution in [-0.4, -0.2) is 26.9 Å². The van der Waals surface area contributed by atoms with Crippen LogP contribution in [0.3, 0.4) is 0 Å². The summed E-state index contributed by atoms with van der Waals surface area (Å²) in [4.78, 5) is 31.9. The van der Waals surface area contributed by atoms with E-state index in [-0.39, 0.29) is 17.5 Å². The minimum absolute atomic E-state index is 0.113. The smallest absolute Gasteiger partial charge is 0.261 e. The molecule has 6 heteroatoms. The highest BCUT2D eigenvalue weighted by atomic mass is 35.5. The Bertz CT molecular complexity index is 847. The van der Waals surface area contributed by atoms with Gasteiger partial charge in [-0.25, -0.2) is 4.98 Å². The van der Waals surface area contributed by atoms with Crippen molar-refractivity contribution in [1.82, 2.24) is 14.5 Å². The van der Waals surface area contributed by atoms with E-state index in [1.807, 2.05) is 13.8 Å². The molecule has 0 radical (unpaired) electrons. The average Bonchev–Trinajstić information content (AvgIpc) is 2.64. The van der Waals surface area contributed by atoms with Crippen molar-refractivity contribution < 1.29 is 4.79 Å². The van der Waals surface area contributed by atoms with Crippen LogP contribution < -0.4 is 5.56 Å². The Hall–Kier alpha value is -1.88. The molecule has 1 heterocycles. The number of hydrogen-bond acceptors (Lipinski definition) is 3. The zero-order valence-corrected chi connectivity index (χ0v) is 17.6. The highest BCUT2D eigenvalue weighted by Crippen LogP contribution is 2.22. The van der Waals surface area contributed by atoms with E-state index < -0.39 is 0 Å². The highest BCUT2D eigenvalue weighted by Gasteiger charge is 2.23. The predicted octanol–water partition coefficient (Wildman–Crippen LogP) is 4.86. The van der Waals surface area contributed by atoms with E-state index >= 15 is 0 Å². The first-order chi connectivity index (χ1) is 12.9. The monoisotopic (exact) mass is 391 g/mol. The topological polar surface area (TPSA) is 55.2 Å². The second kappa shape index (κ2) is 9.88. The molecule has 27 heavy (non-hydrogen) atoms. The number of rotatable bonds is 9. The summed E-state index contributed by atoms with van der Waals surface area (Å²) in [6.45, 7) is 6.65.